The lowest BCUT2D eigenvalue weighted by atomic mass is 10.3. The summed E-state index contributed by atoms with van der Waals surface area (Å²) in [5.41, 5.74) is 0. The molecule has 1 aromatic heterocycles. The second kappa shape index (κ2) is 3.29. The molecule has 0 amide bonds. The fourth-order valence-electron chi connectivity index (χ4n) is 0.704. The van der Waals surface area contributed by atoms with Crippen molar-refractivity contribution in [3.8, 4) is 5.06 Å². The van der Waals surface area contributed by atoms with Crippen molar-refractivity contribution in [1.29, 1.82) is 0 Å². The number of carbonyl (C=O) groups is 1. The largest absolute Gasteiger partial charge is 0.487 e. The smallest absolute Gasteiger partial charge is 0.380 e. The Balaban J connectivity index is 3.00. The lowest BCUT2D eigenvalue weighted by molar-refractivity contribution is -0.165. The number of hydrogen-bond acceptors (Lipinski definition) is 3. The first-order chi connectivity index (χ1) is 5.98. The molecule has 0 aliphatic carbocycles. The second-order valence-corrected chi connectivity index (χ2v) is 3.25. The first-order valence-corrected chi connectivity index (χ1v) is 4.05. The van der Waals surface area contributed by atoms with Gasteiger partial charge in [0, 0.05) is 0 Å². The molecule has 13 heavy (non-hydrogen) atoms. The average molecular weight is 208 g/mol. The highest BCUT2D eigenvalue weighted by Gasteiger charge is 2.42. The molecule has 1 rings (SSSR count). The normalized spacial score (nSPS) is 11.3. The molecule has 0 saturated heterocycles. The number of aliphatic carboxylic acids is 1. The Morgan fingerprint density at radius 3 is 2.62 bits per heavy atom. The Morgan fingerprint density at radius 1 is 1.62 bits per heavy atom. The van der Waals surface area contributed by atoms with Crippen LogP contribution in [0.5, 0.6) is 5.06 Å². The maximum Gasteiger partial charge on any atom is 0.380 e. The number of carboxylic acid groups (broad SMARTS) is 1. The number of methoxy groups -OCH3 is 1. The minimum absolute atomic E-state index is 0.260. The van der Waals surface area contributed by atoms with Crippen LogP contribution in [0.2, 0.25) is 0 Å². The average Bonchev–Trinajstić information content (AvgIpc) is 2.51. The third-order valence-electron chi connectivity index (χ3n) is 1.36. The van der Waals surface area contributed by atoms with Crippen LogP contribution in [0.15, 0.2) is 12.1 Å². The van der Waals surface area contributed by atoms with Crippen molar-refractivity contribution in [3.63, 3.8) is 0 Å². The standard InChI is InChI=1S/C7H6F2O3S/c1-12-5-3-2-4(13-5)7(8,9)6(10)11/h2-3H,1H3,(H,10,11). The molecule has 0 radical (unpaired) electrons. The third kappa shape index (κ3) is 1.77. The van der Waals surface area contributed by atoms with Crippen LogP contribution in [0, 0.1) is 0 Å². The van der Waals surface area contributed by atoms with Crippen LogP contribution in [-0.4, -0.2) is 18.2 Å². The van der Waals surface area contributed by atoms with Crippen LogP contribution in [0.4, 0.5) is 8.78 Å². The van der Waals surface area contributed by atoms with Gasteiger partial charge in [0.2, 0.25) is 0 Å². The first-order valence-electron chi connectivity index (χ1n) is 3.24. The Labute approximate surface area is 76.6 Å². The highest BCUT2D eigenvalue weighted by molar-refractivity contribution is 7.14. The number of hydrogen-bond donors (Lipinski definition) is 1. The van der Waals surface area contributed by atoms with Crippen LogP contribution < -0.4 is 4.74 Å². The van der Waals surface area contributed by atoms with E-state index in [1.807, 2.05) is 0 Å². The van der Waals surface area contributed by atoms with Crippen molar-refractivity contribution in [2.24, 2.45) is 0 Å². The van der Waals surface area contributed by atoms with E-state index in [1.165, 1.54) is 13.2 Å². The van der Waals surface area contributed by atoms with Crippen LogP contribution in [0.25, 0.3) is 0 Å². The second-order valence-electron chi connectivity index (χ2n) is 2.20. The molecule has 0 unspecified atom stereocenters. The number of halogens is 2. The Morgan fingerprint density at radius 2 is 2.23 bits per heavy atom. The first kappa shape index (κ1) is 9.91. The number of carboxylic acids is 1. The van der Waals surface area contributed by atoms with E-state index in [0.717, 1.165) is 6.07 Å². The third-order valence-corrected chi connectivity index (χ3v) is 2.48. The molecule has 0 fully saturated rings. The number of thiophene rings is 1. The lowest BCUT2D eigenvalue weighted by Gasteiger charge is -2.06. The van der Waals surface area contributed by atoms with Gasteiger partial charge in [0.05, 0.1) is 12.0 Å². The van der Waals surface area contributed by atoms with E-state index >= 15 is 0 Å². The molecule has 0 spiro atoms. The van der Waals surface area contributed by atoms with Gasteiger partial charge in [-0.3, -0.25) is 0 Å². The Kier molecular flexibility index (Phi) is 2.51. The Bertz CT molecular complexity index is 321. The molecule has 0 bridgehead atoms. The minimum atomic E-state index is -3.83. The summed E-state index contributed by atoms with van der Waals surface area (Å²) in [4.78, 5) is 9.60. The monoisotopic (exact) mass is 208 g/mol. The number of rotatable bonds is 3. The molecule has 72 valence electrons. The van der Waals surface area contributed by atoms with E-state index in [9.17, 15) is 13.6 Å². The van der Waals surface area contributed by atoms with Crippen LogP contribution >= 0.6 is 11.3 Å². The summed E-state index contributed by atoms with van der Waals surface area (Å²) in [7, 11) is 1.33. The molecule has 3 nitrogen and oxygen atoms in total. The highest BCUT2D eigenvalue weighted by atomic mass is 32.1. The maximum atomic E-state index is 12.8. The fraction of sp³-hybridized carbons (Fsp3) is 0.286. The van der Waals surface area contributed by atoms with Gasteiger partial charge in [-0.2, -0.15) is 8.78 Å². The molecular weight excluding hydrogens is 202 g/mol. The van der Waals surface area contributed by atoms with Gasteiger partial charge in [0.25, 0.3) is 0 Å². The quantitative estimate of drug-likeness (QED) is 0.825. The zero-order valence-corrected chi connectivity index (χ0v) is 7.40. The maximum absolute atomic E-state index is 12.8. The molecule has 1 heterocycles. The zero-order chi connectivity index (χ0) is 10.1. The summed E-state index contributed by atoms with van der Waals surface area (Å²) in [5.74, 6) is -5.99. The molecule has 0 aliphatic heterocycles. The van der Waals surface area contributed by atoms with E-state index in [4.69, 9.17) is 5.11 Å². The summed E-state index contributed by atoms with van der Waals surface area (Å²) in [6.07, 6.45) is 0. The number of ether oxygens (including phenoxy) is 1. The van der Waals surface area contributed by atoms with E-state index in [1.54, 1.807) is 0 Å². The van der Waals surface area contributed by atoms with Crippen LogP contribution in [0.3, 0.4) is 0 Å². The molecule has 6 heteroatoms. The predicted molar refractivity (Wildman–Crippen MR) is 42.4 cm³/mol. The molecule has 0 aliphatic rings. The van der Waals surface area contributed by atoms with Crippen molar-refractivity contribution in [3.05, 3.63) is 17.0 Å². The van der Waals surface area contributed by atoms with E-state index in [0.29, 0.717) is 11.3 Å². The highest BCUT2D eigenvalue weighted by Crippen LogP contribution is 2.36. The summed E-state index contributed by atoms with van der Waals surface area (Å²) in [6, 6.07) is 2.34. The SMILES string of the molecule is COc1ccc(C(F)(F)C(=O)O)s1. The summed E-state index contributed by atoms with van der Waals surface area (Å²) < 4.78 is 30.2. The predicted octanol–water partition coefficient (Wildman–Crippen LogP) is 1.93. The van der Waals surface area contributed by atoms with E-state index < -0.39 is 16.8 Å². The van der Waals surface area contributed by atoms with Gasteiger partial charge in [-0.25, -0.2) is 4.79 Å². The fourth-order valence-corrected chi connectivity index (χ4v) is 1.49. The van der Waals surface area contributed by atoms with Gasteiger partial charge in [-0.15, -0.1) is 0 Å². The molecular formula is C7H6F2O3S. The van der Waals surface area contributed by atoms with Crippen molar-refractivity contribution in [2.45, 2.75) is 5.92 Å². The van der Waals surface area contributed by atoms with Crippen molar-refractivity contribution < 1.29 is 23.4 Å². The van der Waals surface area contributed by atoms with Gasteiger partial charge in [0.15, 0.2) is 5.06 Å². The summed E-state index contributed by atoms with van der Waals surface area (Å²) >= 11 is 0.615. The molecule has 1 aromatic rings. The molecule has 0 aromatic carbocycles. The lowest BCUT2D eigenvalue weighted by Crippen LogP contribution is -2.23. The topological polar surface area (TPSA) is 46.5 Å². The molecule has 0 saturated carbocycles. The molecule has 1 N–H and O–H groups in total. The molecule has 0 atom stereocenters. The van der Waals surface area contributed by atoms with Crippen molar-refractivity contribution in [1.82, 2.24) is 0 Å². The van der Waals surface area contributed by atoms with E-state index in [2.05, 4.69) is 4.74 Å². The number of alkyl halides is 2. The van der Waals surface area contributed by atoms with Crippen molar-refractivity contribution in [2.75, 3.05) is 7.11 Å². The van der Waals surface area contributed by atoms with Gasteiger partial charge < -0.3 is 9.84 Å². The van der Waals surface area contributed by atoms with Gasteiger partial charge in [0.1, 0.15) is 0 Å². The summed E-state index contributed by atoms with van der Waals surface area (Å²) in [6.45, 7) is 0. The van der Waals surface area contributed by atoms with Gasteiger partial charge >= 0.3 is 11.9 Å². The van der Waals surface area contributed by atoms with Crippen LogP contribution in [-0.2, 0) is 10.7 Å². The van der Waals surface area contributed by atoms with Crippen LogP contribution in [0.1, 0.15) is 4.88 Å². The van der Waals surface area contributed by atoms with Gasteiger partial charge in [-0.05, 0) is 12.1 Å². The van der Waals surface area contributed by atoms with Crippen molar-refractivity contribution >= 4 is 17.3 Å². The zero-order valence-electron chi connectivity index (χ0n) is 6.58. The van der Waals surface area contributed by atoms with E-state index in [-0.39, 0.29) is 5.06 Å². The summed E-state index contributed by atoms with van der Waals surface area (Å²) in [5, 5.41) is 8.45. The minimum Gasteiger partial charge on any atom is -0.487 e. The Hall–Kier alpha value is -1.17. The van der Waals surface area contributed by atoms with Gasteiger partial charge in [-0.1, -0.05) is 11.3 Å².